The highest BCUT2D eigenvalue weighted by Gasteiger charge is 2.40. The number of amides is 6. The standard InChI is InChI=1S/C46H65N11O6/c47-33(25-29-13-3-1-4-14-29)40(58)54-36-19-9-10-22-50-41(59)35(20-11-23-51-46(48)49)53-43(61)38(27-31-28-52-34-18-8-7-17-32(31)34)55-42(60)37(26-30-15-5-2-6-16-30)56-44(62)39-21-12-24-57(39)45(36)63/h1,3-4,7-8,13-14,17-18,28,30,33,35-39,52H,2,5-6,9-12,15-16,19-27,47H2,(H,50,59)(H,53,61)(H,54,58)(H,55,60)(H,56,62)(H4,48,49,51)/t33-,35?,36-,37+,38-,39-/m0/s1. The number of hydrogen-bond donors (Lipinski definition) is 9. The summed E-state index contributed by atoms with van der Waals surface area (Å²) in [5.41, 5.74) is 20.0. The van der Waals surface area contributed by atoms with Crippen molar-refractivity contribution in [3.63, 3.8) is 0 Å². The Kier molecular flexibility index (Phi) is 16.9. The number of nitrogens with one attached hydrogen (secondary N) is 6. The maximum atomic E-state index is 14.6. The van der Waals surface area contributed by atoms with Crippen molar-refractivity contribution in [1.82, 2.24) is 36.5 Å². The fourth-order valence-corrected chi connectivity index (χ4v) is 9.11. The van der Waals surface area contributed by atoms with Crippen LogP contribution in [0, 0.1) is 5.92 Å². The van der Waals surface area contributed by atoms with Crippen molar-refractivity contribution < 1.29 is 28.8 Å². The zero-order chi connectivity index (χ0) is 44.7. The molecule has 6 rings (SSSR count). The molecule has 6 atom stereocenters. The number of aliphatic imine (C=N–C) groups is 1. The second kappa shape index (κ2) is 22.9. The van der Waals surface area contributed by atoms with Crippen LogP contribution in [0.5, 0.6) is 0 Å². The van der Waals surface area contributed by atoms with E-state index in [1.807, 2.05) is 54.6 Å². The molecule has 1 saturated carbocycles. The van der Waals surface area contributed by atoms with E-state index in [1.165, 1.54) is 4.90 Å². The molecule has 1 aromatic heterocycles. The van der Waals surface area contributed by atoms with Gasteiger partial charge in [0.1, 0.15) is 30.2 Å². The number of carbonyl (C=O) groups excluding carboxylic acids is 6. The molecule has 3 aromatic rings. The molecule has 1 aliphatic carbocycles. The van der Waals surface area contributed by atoms with E-state index in [1.54, 1.807) is 6.20 Å². The Labute approximate surface area is 368 Å². The first-order valence-corrected chi connectivity index (χ1v) is 22.7. The van der Waals surface area contributed by atoms with Gasteiger partial charge in [0.15, 0.2) is 5.96 Å². The van der Waals surface area contributed by atoms with E-state index in [-0.39, 0.29) is 50.7 Å². The Bertz CT molecular complexity index is 2060. The van der Waals surface area contributed by atoms with Gasteiger partial charge in [0, 0.05) is 43.2 Å². The predicted octanol–water partition coefficient (Wildman–Crippen LogP) is 1.53. The van der Waals surface area contributed by atoms with Crippen LogP contribution >= 0.6 is 0 Å². The largest absolute Gasteiger partial charge is 0.370 e. The van der Waals surface area contributed by atoms with Gasteiger partial charge in [-0.2, -0.15) is 0 Å². The minimum Gasteiger partial charge on any atom is -0.370 e. The molecule has 63 heavy (non-hydrogen) atoms. The molecule has 3 fully saturated rings. The number of carbonyl (C=O) groups is 6. The number of benzene rings is 2. The number of fused-ring (bicyclic) bond motifs is 2. The summed E-state index contributed by atoms with van der Waals surface area (Å²) in [5.74, 6) is -2.81. The van der Waals surface area contributed by atoms with E-state index in [0.29, 0.717) is 45.1 Å². The molecule has 6 amide bonds. The van der Waals surface area contributed by atoms with Crippen LogP contribution in [0.15, 0.2) is 65.8 Å². The van der Waals surface area contributed by atoms with E-state index in [0.717, 1.165) is 54.1 Å². The summed E-state index contributed by atoms with van der Waals surface area (Å²) >= 11 is 0. The molecule has 3 heterocycles. The fraction of sp³-hybridized carbons (Fsp3) is 0.543. The van der Waals surface area contributed by atoms with E-state index in [9.17, 15) is 28.8 Å². The Balaban J connectivity index is 1.29. The minimum atomic E-state index is -1.13. The van der Waals surface area contributed by atoms with Crippen LogP contribution in [0.4, 0.5) is 0 Å². The minimum absolute atomic E-state index is 0.0908. The third-order valence-electron chi connectivity index (χ3n) is 12.5. The topological polar surface area (TPSA) is 272 Å². The van der Waals surface area contributed by atoms with Gasteiger partial charge in [0.25, 0.3) is 0 Å². The molecular weight excluding hydrogens is 803 g/mol. The highest BCUT2D eigenvalue weighted by molar-refractivity contribution is 5.97. The average Bonchev–Trinajstić information content (AvgIpc) is 3.94. The lowest BCUT2D eigenvalue weighted by Crippen LogP contribution is -2.59. The third kappa shape index (κ3) is 13.3. The van der Waals surface area contributed by atoms with Crippen LogP contribution in [0.2, 0.25) is 0 Å². The second-order valence-electron chi connectivity index (χ2n) is 17.3. The van der Waals surface area contributed by atoms with Gasteiger partial charge in [-0.05, 0) is 80.9 Å². The molecule has 17 nitrogen and oxygen atoms in total. The number of guanidine groups is 1. The smallest absolute Gasteiger partial charge is 0.245 e. The van der Waals surface area contributed by atoms with Gasteiger partial charge < -0.3 is 53.7 Å². The third-order valence-corrected chi connectivity index (χ3v) is 12.5. The number of hydrogen-bond acceptors (Lipinski definition) is 8. The summed E-state index contributed by atoms with van der Waals surface area (Å²) in [7, 11) is 0. The molecule has 0 spiro atoms. The number of nitrogens with two attached hydrogens (primary N) is 3. The van der Waals surface area contributed by atoms with Gasteiger partial charge in [-0.3, -0.25) is 33.8 Å². The number of nitrogens with zero attached hydrogens (tertiary/aromatic N) is 2. The van der Waals surface area contributed by atoms with E-state index >= 15 is 0 Å². The lowest BCUT2D eigenvalue weighted by Gasteiger charge is -2.32. The van der Waals surface area contributed by atoms with Gasteiger partial charge in [0.05, 0.1) is 6.04 Å². The number of rotatable bonds is 12. The summed E-state index contributed by atoms with van der Waals surface area (Å²) in [6, 6.07) is 11.1. The van der Waals surface area contributed by atoms with Crippen molar-refractivity contribution in [2.45, 2.75) is 133 Å². The summed E-state index contributed by atoms with van der Waals surface area (Å²) < 4.78 is 0. The number of H-pyrrole nitrogens is 1. The van der Waals surface area contributed by atoms with Crippen molar-refractivity contribution in [3.05, 3.63) is 71.9 Å². The van der Waals surface area contributed by atoms with Crippen LogP contribution in [-0.2, 0) is 41.6 Å². The quantitative estimate of drug-likeness (QED) is 0.0725. The van der Waals surface area contributed by atoms with E-state index in [2.05, 4.69) is 36.6 Å². The van der Waals surface area contributed by atoms with Crippen molar-refractivity contribution in [2.24, 2.45) is 28.1 Å². The Morgan fingerprint density at radius 3 is 2.25 bits per heavy atom. The van der Waals surface area contributed by atoms with Gasteiger partial charge in [0.2, 0.25) is 35.4 Å². The van der Waals surface area contributed by atoms with Crippen molar-refractivity contribution in [1.29, 1.82) is 0 Å². The first-order valence-electron chi connectivity index (χ1n) is 22.7. The van der Waals surface area contributed by atoms with Crippen LogP contribution in [-0.4, -0.2) is 107 Å². The van der Waals surface area contributed by atoms with Gasteiger partial charge >= 0.3 is 0 Å². The lowest BCUT2D eigenvalue weighted by atomic mass is 9.84. The summed E-state index contributed by atoms with van der Waals surface area (Å²) in [6.07, 6.45) is 10.1. The van der Waals surface area contributed by atoms with Crippen LogP contribution < -0.4 is 43.8 Å². The molecule has 0 bridgehead atoms. The Morgan fingerprint density at radius 2 is 1.48 bits per heavy atom. The van der Waals surface area contributed by atoms with Crippen LogP contribution in [0.3, 0.4) is 0 Å². The second-order valence-corrected chi connectivity index (χ2v) is 17.3. The van der Waals surface area contributed by atoms with Gasteiger partial charge in [-0.15, -0.1) is 0 Å². The maximum Gasteiger partial charge on any atom is 0.245 e. The predicted molar refractivity (Wildman–Crippen MR) is 241 cm³/mol. The molecule has 12 N–H and O–H groups in total. The highest BCUT2D eigenvalue weighted by Crippen LogP contribution is 2.28. The zero-order valence-electron chi connectivity index (χ0n) is 36.1. The molecule has 17 heteroatoms. The summed E-state index contributed by atoms with van der Waals surface area (Å²) in [6.45, 7) is 0.745. The fourth-order valence-electron chi connectivity index (χ4n) is 9.11. The first kappa shape index (κ1) is 46.5. The summed E-state index contributed by atoms with van der Waals surface area (Å²) in [5, 5.41) is 15.6. The van der Waals surface area contributed by atoms with Crippen LogP contribution in [0.25, 0.3) is 10.9 Å². The van der Waals surface area contributed by atoms with Crippen molar-refractivity contribution >= 4 is 52.3 Å². The van der Waals surface area contributed by atoms with Crippen molar-refractivity contribution in [3.8, 4) is 0 Å². The highest BCUT2D eigenvalue weighted by atomic mass is 16.2. The van der Waals surface area contributed by atoms with E-state index in [4.69, 9.17) is 17.2 Å². The number of aromatic amines is 1. The van der Waals surface area contributed by atoms with Crippen LogP contribution in [0.1, 0.15) is 94.6 Å². The van der Waals surface area contributed by atoms with E-state index < -0.39 is 71.7 Å². The molecular formula is C46H65N11O6. The molecule has 2 aromatic carbocycles. The molecule has 1 unspecified atom stereocenters. The molecule has 0 radical (unpaired) electrons. The molecule has 2 saturated heterocycles. The van der Waals surface area contributed by atoms with Gasteiger partial charge in [-0.1, -0.05) is 80.6 Å². The lowest BCUT2D eigenvalue weighted by molar-refractivity contribution is -0.142. The van der Waals surface area contributed by atoms with Crippen molar-refractivity contribution in [2.75, 3.05) is 19.6 Å². The average molecular weight is 868 g/mol. The monoisotopic (exact) mass is 868 g/mol. The Hall–Kier alpha value is -5.97. The number of aromatic nitrogens is 1. The molecule has 3 aliphatic rings. The first-order chi connectivity index (χ1) is 30.5. The van der Waals surface area contributed by atoms with Gasteiger partial charge in [-0.25, -0.2) is 0 Å². The molecule has 2 aliphatic heterocycles. The number of para-hydroxylation sites is 1. The maximum absolute atomic E-state index is 14.6. The molecule has 340 valence electrons. The SMILES string of the molecule is NC(N)=NCCCC1NC(=O)[C@H](Cc2c[nH]c3ccccc23)NC(=O)[C@@H](CC2CCCCC2)NC(=O)[C@@H]2CCCN2C(=O)[C@@H](NC(=O)[C@@H](N)Cc2ccccc2)CCCCNC1=O. The summed E-state index contributed by atoms with van der Waals surface area (Å²) in [4.78, 5) is 94.0. The zero-order valence-corrected chi connectivity index (χ0v) is 36.1. The Morgan fingerprint density at radius 1 is 0.778 bits per heavy atom. The normalized spacial score (nSPS) is 24.1.